The lowest BCUT2D eigenvalue weighted by molar-refractivity contribution is -0.122. The Kier molecular flexibility index (Phi) is 6.63. The molecule has 174 valence electrons. The van der Waals surface area contributed by atoms with Gasteiger partial charge in [0.1, 0.15) is 11.3 Å². The van der Waals surface area contributed by atoms with E-state index in [9.17, 15) is 14.4 Å². The molecule has 0 radical (unpaired) electrons. The number of carbonyl (C=O) groups is 3. The normalized spacial score (nSPS) is 15.1. The number of nitrogens with zero attached hydrogens (tertiary/aromatic N) is 2. The van der Waals surface area contributed by atoms with Gasteiger partial charge in [0.15, 0.2) is 0 Å². The highest BCUT2D eigenvalue weighted by Crippen LogP contribution is 2.32. The fourth-order valence-electron chi connectivity index (χ4n) is 3.91. The van der Waals surface area contributed by atoms with Gasteiger partial charge in [-0.1, -0.05) is 23.7 Å². The summed E-state index contributed by atoms with van der Waals surface area (Å²) in [5.74, 6) is -1.11. The van der Waals surface area contributed by atoms with Crippen molar-refractivity contribution in [2.45, 2.75) is 20.8 Å². The highest BCUT2D eigenvalue weighted by molar-refractivity contribution is 9.10. The number of aromatic nitrogens is 1. The topological polar surface area (TPSA) is 80.6 Å². The third-order valence-corrected chi connectivity index (χ3v) is 6.67. The summed E-state index contributed by atoms with van der Waals surface area (Å²) in [5.41, 5.74) is 3.32. The predicted octanol–water partition coefficient (Wildman–Crippen LogP) is 5.58. The molecular formula is C25H21BrClN3O4. The van der Waals surface area contributed by atoms with Crippen LogP contribution >= 0.6 is 27.5 Å². The number of halogens is 2. The van der Waals surface area contributed by atoms with Crippen LogP contribution in [0, 0.1) is 13.8 Å². The van der Waals surface area contributed by atoms with Crippen LogP contribution in [0.15, 0.2) is 58.6 Å². The van der Waals surface area contributed by atoms with E-state index < -0.39 is 17.8 Å². The van der Waals surface area contributed by atoms with E-state index in [1.165, 1.54) is 6.08 Å². The van der Waals surface area contributed by atoms with Crippen molar-refractivity contribution in [1.82, 2.24) is 9.88 Å². The molecule has 2 aromatic carbocycles. The fourth-order valence-corrected chi connectivity index (χ4v) is 4.33. The average molecular weight is 543 g/mol. The van der Waals surface area contributed by atoms with E-state index >= 15 is 0 Å². The third kappa shape index (κ3) is 4.26. The molecule has 3 aromatic rings. The molecule has 0 atom stereocenters. The Morgan fingerprint density at radius 2 is 1.82 bits per heavy atom. The van der Waals surface area contributed by atoms with Crippen molar-refractivity contribution in [2.24, 2.45) is 0 Å². The number of imide groups is 2. The van der Waals surface area contributed by atoms with Crippen LogP contribution in [0.5, 0.6) is 5.75 Å². The van der Waals surface area contributed by atoms with E-state index in [-0.39, 0.29) is 11.3 Å². The Hall–Kier alpha value is -3.36. The van der Waals surface area contributed by atoms with Crippen molar-refractivity contribution in [3.05, 3.63) is 80.6 Å². The summed E-state index contributed by atoms with van der Waals surface area (Å²) in [4.78, 5) is 39.5. The Morgan fingerprint density at radius 3 is 2.53 bits per heavy atom. The predicted molar refractivity (Wildman–Crippen MR) is 135 cm³/mol. The molecule has 0 aliphatic carbocycles. The number of hydrogen-bond donors (Lipinski definition) is 1. The maximum atomic E-state index is 13.4. The highest BCUT2D eigenvalue weighted by Gasteiger charge is 2.38. The second kappa shape index (κ2) is 9.48. The van der Waals surface area contributed by atoms with Crippen LogP contribution in [-0.2, 0) is 9.59 Å². The van der Waals surface area contributed by atoms with Gasteiger partial charge < -0.3 is 9.30 Å². The van der Waals surface area contributed by atoms with Crippen LogP contribution < -0.4 is 15.0 Å². The zero-order valence-corrected chi connectivity index (χ0v) is 21.0. The molecule has 0 saturated carbocycles. The van der Waals surface area contributed by atoms with Crippen molar-refractivity contribution in [1.29, 1.82) is 0 Å². The first-order valence-electron chi connectivity index (χ1n) is 10.5. The molecule has 9 heteroatoms. The lowest BCUT2D eigenvalue weighted by atomic mass is 10.1. The molecule has 7 nitrogen and oxygen atoms in total. The quantitative estimate of drug-likeness (QED) is 0.337. The maximum Gasteiger partial charge on any atom is 0.336 e. The van der Waals surface area contributed by atoms with E-state index in [0.29, 0.717) is 22.9 Å². The van der Waals surface area contributed by atoms with E-state index in [2.05, 4.69) is 21.2 Å². The Bertz CT molecular complexity index is 1360. The summed E-state index contributed by atoms with van der Waals surface area (Å²) in [5, 5.41) is 2.82. The van der Waals surface area contributed by atoms with E-state index in [0.717, 1.165) is 26.4 Å². The van der Waals surface area contributed by atoms with E-state index in [1.54, 1.807) is 31.2 Å². The summed E-state index contributed by atoms with van der Waals surface area (Å²) < 4.78 is 8.33. The molecule has 1 aromatic heterocycles. The molecule has 4 amide bonds. The molecule has 4 rings (SSSR count). The van der Waals surface area contributed by atoms with Crippen molar-refractivity contribution in [2.75, 3.05) is 11.5 Å². The van der Waals surface area contributed by atoms with Crippen LogP contribution in [0.2, 0.25) is 5.02 Å². The molecule has 0 bridgehead atoms. The van der Waals surface area contributed by atoms with Gasteiger partial charge in [-0.05, 0) is 84.7 Å². The molecule has 1 fully saturated rings. The Labute approximate surface area is 210 Å². The zero-order valence-electron chi connectivity index (χ0n) is 18.7. The maximum absolute atomic E-state index is 13.4. The molecule has 1 aliphatic heterocycles. The second-order valence-corrected chi connectivity index (χ2v) is 8.88. The monoisotopic (exact) mass is 541 g/mol. The lowest BCUT2D eigenvalue weighted by Crippen LogP contribution is -2.54. The molecule has 0 unspecified atom stereocenters. The summed E-state index contributed by atoms with van der Waals surface area (Å²) in [7, 11) is 0. The Balaban J connectivity index is 1.77. The number of amides is 4. The number of rotatable bonds is 5. The number of anilines is 1. The highest BCUT2D eigenvalue weighted by atomic mass is 79.9. The number of urea groups is 1. The summed E-state index contributed by atoms with van der Waals surface area (Å²) >= 11 is 9.67. The van der Waals surface area contributed by atoms with Crippen LogP contribution in [0.1, 0.15) is 23.9 Å². The third-order valence-electron chi connectivity index (χ3n) is 5.44. The van der Waals surface area contributed by atoms with Gasteiger partial charge in [0.2, 0.25) is 0 Å². The number of barbiturate groups is 1. The molecule has 34 heavy (non-hydrogen) atoms. The number of aryl methyl sites for hydroxylation is 1. The molecule has 1 aliphatic rings. The van der Waals surface area contributed by atoms with Gasteiger partial charge in [-0.3, -0.25) is 14.9 Å². The van der Waals surface area contributed by atoms with Crippen molar-refractivity contribution >= 4 is 57.1 Å². The van der Waals surface area contributed by atoms with E-state index in [4.69, 9.17) is 16.3 Å². The van der Waals surface area contributed by atoms with Crippen molar-refractivity contribution in [3.8, 4) is 11.4 Å². The molecule has 0 spiro atoms. The van der Waals surface area contributed by atoms with E-state index in [1.807, 2.05) is 42.7 Å². The standard InChI is InChI=1S/C25H21BrClN3O4/c1-4-34-22-8-6-5-7-21(22)30-24(32)18(23(31)28-25(30)33)12-16-11-14(2)29(15(16)3)17-9-10-19(26)20(27)13-17/h5-13H,4H2,1-3H3,(H,28,31,33)/b18-12+. The largest absolute Gasteiger partial charge is 0.492 e. The van der Waals surface area contributed by atoms with Crippen molar-refractivity contribution < 1.29 is 19.1 Å². The van der Waals surface area contributed by atoms with Crippen LogP contribution in [0.25, 0.3) is 11.8 Å². The van der Waals surface area contributed by atoms with Gasteiger partial charge in [0.25, 0.3) is 11.8 Å². The minimum absolute atomic E-state index is 0.153. The number of benzene rings is 2. The summed E-state index contributed by atoms with van der Waals surface area (Å²) in [6, 6.07) is 13.3. The minimum atomic E-state index is -0.825. The smallest absolute Gasteiger partial charge is 0.336 e. The lowest BCUT2D eigenvalue weighted by Gasteiger charge is -2.27. The number of hydrogen-bond acceptors (Lipinski definition) is 4. The Morgan fingerprint density at radius 1 is 1.09 bits per heavy atom. The van der Waals surface area contributed by atoms with Gasteiger partial charge in [-0.2, -0.15) is 0 Å². The van der Waals surface area contributed by atoms with Crippen LogP contribution in [0.4, 0.5) is 10.5 Å². The first-order valence-corrected chi connectivity index (χ1v) is 11.7. The summed E-state index contributed by atoms with van der Waals surface area (Å²) in [6.07, 6.45) is 1.50. The van der Waals surface area contributed by atoms with Crippen LogP contribution in [-0.4, -0.2) is 29.0 Å². The number of nitrogens with one attached hydrogen (secondary N) is 1. The zero-order chi connectivity index (χ0) is 24.6. The van der Waals surface area contributed by atoms with Gasteiger partial charge in [-0.15, -0.1) is 0 Å². The number of carbonyl (C=O) groups excluding carboxylic acids is 3. The number of ether oxygens (including phenoxy) is 1. The van der Waals surface area contributed by atoms with Gasteiger partial charge >= 0.3 is 6.03 Å². The van der Waals surface area contributed by atoms with Gasteiger partial charge in [0.05, 0.1) is 17.3 Å². The van der Waals surface area contributed by atoms with Crippen molar-refractivity contribution in [3.63, 3.8) is 0 Å². The average Bonchev–Trinajstić information content (AvgIpc) is 3.07. The minimum Gasteiger partial charge on any atom is -0.492 e. The number of para-hydroxylation sites is 2. The van der Waals surface area contributed by atoms with Crippen LogP contribution in [0.3, 0.4) is 0 Å². The SMILES string of the molecule is CCOc1ccccc1N1C(=O)NC(=O)/C(=C\c2cc(C)n(-c3ccc(Br)c(Cl)c3)c2C)C1=O. The molecular weight excluding hydrogens is 522 g/mol. The molecule has 1 N–H and O–H groups in total. The molecule has 1 saturated heterocycles. The summed E-state index contributed by atoms with van der Waals surface area (Å²) in [6.45, 7) is 5.96. The first-order chi connectivity index (χ1) is 16.2. The van der Waals surface area contributed by atoms with Gasteiger partial charge in [-0.25, -0.2) is 9.69 Å². The first kappa shape index (κ1) is 23.8. The molecule has 2 heterocycles. The second-order valence-electron chi connectivity index (χ2n) is 7.62. The fraction of sp³-hybridized carbons (Fsp3) is 0.160. The van der Waals surface area contributed by atoms with Gasteiger partial charge in [0, 0.05) is 21.5 Å².